The fourth-order valence-electron chi connectivity index (χ4n) is 3.51. The minimum atomic E-state index is -0.947. The van der Waals surface area contributed by atoms with E-state index in [4.69, 9.17) is 14.5 Å². The first kappa shape index (κ1) is 20.8. The molecule has 0 aliphatic rings. The lowest BCUT2D eigenvalue weighted by molar-refractivity contribution is 0.0276. The van der Waals surface area contributed by atoms with E-state index in [2.05, 4.69) is 20.5 Å². The number of benzene rings is 2. The highest BCUT2D eigenvalue weighted by molar-refractivity contribution is 5.84. The second-order valence-electron chi connectivity index (χ2n) is 8.40. The van der Waals surface area contributed by atoms with Gasteiger partial charge in [0.1, 0.15) is 6.61 Å². The third-order valence-corrected chi connectivity index (χ3v) is 5.12. The summed E-state index contributed by atoms with van der Waals surface area (Å²) in [6.45, 7) is 3.52. The number of anilines is 2. The molecule has 0 spiro atoms. The van der Waals surface area contributed by atoms with E-state index in [0.29, 0.717) is 23.0 Å². The van der Waals surface area contributed by atoms with Crippen LogP contribution >= 0.6 is 0 Å². The topological polar surface area (TPSA) is 110 Å². The molecule has 168 valence electrons. The van der Waals surface area contributed by atoms with E-state index in [9.17, 15) is 5.11 Å². The second-order valence-corrected chi connectivity index (χ2v) is 8.40. The third-order valence-electron chi connectivity index (χ3n) is 5.12. The number of aromatic nitrogens is 5. The Labute approximate surface area is 190 Å². The summed E-state index contributed by atoms with van der Waals surface area (Å²) < 4.78 is 13.1. The van der Waals surface area contributed by atoms with Crippen LogP contribution in [0.25, 0.3) is 27.8 Å². The normalized spacial score (nSPS) is 11.8. The molecule has 9 nitrogen and oxygen atoms in total. The van der Waals surface area contributed by atoms with E-state index in [1.165, 1.54) is 0 Å². The maximum absolute atomic E-state index is 9.94. The standard InChI is InChI=1S/C24H24N6O3/c1-24(2,31)14-33-20-7-6-17(11-21(20)32-3)27-22-23-25-8-9-30(23)13-19(28-22)15-4-5-16-12-26-29-18(16)10-15/h4-13,31H,14H2,1-3H3,(H,26,29)(H,27,28). The Morgan fingerprint density at radius 1 is 1.15 bits per heavy atom. The SMILES string of the molecule is COc1cc(Nc2nc(-c3ccc4cn[nH]c4c3)cn3ccnc23)ccc1OCC(C)(C)O. The first-order valence-electron chi connectivity index (χ1n) is 10.5. The van der Waals surface area contributed by atoms with Gasteiger partial charge in [-0.15, -0.1) is 0 Å². The Morgan fingerprint density at radius 3 is 2.85 bits per heavy atom. The summed E-state index contributed by atoms with van der Waals surface area (Å²) in [7, 11) is 1.58. The molecule has 0 amide bonds. The highest BCUT2D eigenvalue weighted by atomic mass is 16.5. The fourth-order valence-corrected chi connectivity index (χ4v) is 3.51. The van der Waals surface area contributed by atoms with Crippen LogP contribution < -0.4 is 14.8 Å². The molecule has 0 bridgehead atoms. The van der Waals surface area contributed by atoms with Crippen molar-refractivity contribution < 1.29 is 14.6 Å². The van der Waals surface area contributed by atoms with Crippen LogP contribution in [0.15, 0.2) is 61.2 Å². The maximum atomic E-state index is 9.94. The van der Waals surface area contributed by atoms with Crippen molar-refractivity contribution in [3.63, 3.8) is 0 Å². The fraction of sp³-hybridized carbons (Fsp3) is 0.208. The van der Waals surface area contributed by atoms with E-state index >= 15 is 0 Å². The number of aliphatic hydroxyl groups is 1. The Morgan fingerprint density at radius 2 is 2.03 bits per heavy atom. The molecule has 0 saturated heterocycles. The Bertz CT molecular complexity index is 1430. The van der Waals surface area contributed by atoms with Gasteiger partial charge in [0.05, 0.1) is 30.1 Å². The number of imidazole rings is 1. The van der Waals surface area contributed by atoms with Crippen LogP contribution in [0.5, 0.6) is 11.5 Å². The number of H-pyrrole nitrogens is 1. The number of nitrogens with zero attached hydrogens (tertiary/aromatic N) is 4. The quantitative estimate of drug-likeness (QED) is 0.345. The van der Waals surface area contributed by atoms with Gasteiger partial charge in [0.15, 0.2) is 23.0 Å². The van der Waals surface area contributed by atoms with Crippen molar-refractivity contribution in [3.05, 3.63) is 61.2 Å². The van der Waals surface area contributed by atoms with Gasteiger partial charge in [-0.25, -0.2) is 9.97 Å². The van der Waals surface area contributed by atoms with E-state index in [-0.39, 0.29) is 6.61 Å². The number of hydrogen-bond donors (Lipinski definition) is 3. The Hall–Kier alpha value is -4.11. The summed E-state index contributed by atoms with van der Waals surface area (Å²) in [5.41, 5.74) is 3.21. The predicted molar refractivity (Wildman–Crippen MR) is 126 cm³/mol. The molecule has 0 fully saturated rings. The van der Waals surface area contributed by atoms with Crippen molar-refractivity contribution in [1.29, 1.82) is 0 Å². The molecule has 5 rings (SSSR count). The Kier molecular flexibility index (Phi) is 5.10. The van der Waals surface area contributed by atoms with Gasteiger partial charge in [0.2, 0.25) is 0 Å². The average Bonchev–Trinajstić information content (AvgIpc) is 3.46. The largest absolute Gasteiger partial charge is 0.493 e. The number of ether oxygens (including phenoxy) is 2. The van der Waals surface area contributed by atoms with Crippen LogP contribution in [-0.2, 0) is 0 Å². The molecule has 0 atom stereocenters. The summed E-state index contributed by atoms with van der Waals surface area (Å²) in [4.78, 5) is 9.29. The summed E-state index contributed by atoms with van der Waals surface area (Å²) >= 11 is 0. The number of methoxy groups -OCH3 is 1. The van der Waals surface area contributed by atoms with Crippen molar-refractivity contribution in [3.8, 4) is 22.8 Å². The molecule has 3 aromatic heterocycles. The maximum Gasteiger partial charge on any atom is 0.180 e. The molecular formula is C24H24N6O3. The first-order chi connectivity index (χ1) is 15.9. The Balaban J connectivity index is 1.49. The average molecular weight is 444 g/mol. The zero-order chi connectivity index (χ0) is 23.0. The lowest BCUT2D eigenvalue weighted by atomic mass is 10.1. The lowest BCUT2D eigenvalue weighted by Crippen LogP contribution is -2.27. The molecule has 0 aliphatic carbocycles. The van der Waals surface area contributed by atoms with Crippen LogP contribution in [0.2, 0.25) is 0 Å². The van der Waals surface area contributed by atoms with E-state index in [1.54, 1.807) is 39.4 Å². The minimum Gasteiger partial charge on any atom is -0.493 e. The van der Waals surface area contributed by atoms with Gasteiger partial charge in [-0.05, 0) is 32.0 Å². The van der Waals surface area contributed by atoms with Crippen LogP contribution in [-0.4, -0.2) is 49.0 Å². The van der Waals surface area contributed by atoms with Crippen LogP contribution in [0.4, 0.5) is 11.5 Å². The van der Waals surface area contributed by atoms with Gasteiger partial charge in [0.25, 0.3) is 0 Å². The van der Waals surface area contributed by atoms with Crippen molar-refractivity contribution in [1.82, 2.24) is 24.6 Å². The smallest absolute Gasteiger partial charge is 0.180 e. The van der Waals surface area contributed by atoms with Crippen LogP contribution in [0.1, 0.15) is 13.8 Å². The zero-order valence-corrected chi connectivity index (χ0v) is 18.5. The summed E-state index contributed by atoms with van der Waals surface area (Å²) in [5, 5.41) is 21.4. The molecule has 5 aromatic rings. The second kappa shape index (κ2) is 8.10. The molecule has 0 unspecified atom stereocenters. The summed E-state index contributed by atoms with van der Waals surface area (Å²) in [5.74, 6) is 1.70. The predicted octanol–water partition coefficient (Wildman–Crippen LogP) is 4.17. The number of fused-ring (bicyclic) bond motifs is 2. The molecule has 0 aliphatic heterocycles. The van der Waals surface area contributed by atoms with Crippen LogP contribution in [0, 0.1) is 0 Å². The molecule has 0 saturated carbocycles. The number of rotatable bonds is 7. The van der Waals surface area contributed by atoms with Crippen molar-refractivity contribution in [2.24, 2.45) is 0 Å². The highest BCUT2D eigenvalue weighted by Gasteiger charge is 2.16. The molecule has 3 heterocycles. The molecule has 3 N–H and O–H groups in total. The highest BCUT2D eigenvalue weighted by Crippen LogP contribution is 2.33. The van der Waals surface area contributed by atoms with Crippen molar-refractivity contribution >= 4 is 28.1 Å². The van der Waals surface area contributed by atoms with Gasteiger partial charge in [-0.3, -0.25) is 5.10 Å². The van der Waals surface area contributed by atoms with E-state index in [0.717, 1.165) is 27.8 Å². The molecule has 33 heavy (non-hydrogen) atoms. The monoisotopic (exact) mass is 444 g/mol. The van der Waals surface area contributed by atoms with Gasteiger partial charge in [0, 0.05) is 41.3 Å². The van der Waals surface area contributed by atoms with E-state index in [1.807, 2.05) is 47.1 Å². The number of aromatic amines is 1. The summed E-state index contributed by atoms with van der Waals surface area (Å²) in [6.07, 6.45) is 7.35. The van der Waals surface area contributed by atoms with Gasteiger partial charge in [-0.2, -0.15) is 5.10 Å². The summed E-state index contributed by atoms with van der Waals surface area (Å²) in [6, 6.07) is 11.5. The first-order valence-corrected chi connectivity index (χ1v) is 10.5. The van der Waals surface area contributed by atoms with Gasteiger partial charge < -0.3 is 24.3 Å². The zero-order valence-electron chi connectivity index (χ0n) is 18.5. The van der Waals surface area contributed by atoms with Crippen molar-refractivity contribution in [2.75, 3.05) is 19.0 Å². The van der Waals surface area contributed by atoms with Gasteiger partial charge >= 0.3 is 0 Å². The van der Waals surface area contributed by atoms with E-state index < -0.39 is 5.60 Å². The number of hydrogen-bond acceptors (Lipinski definition) is 7. The minimum absolute atomic E-state index is 0.148. The lowest BCUT2D eigenvalue weighted by Gasteiger charge is -2.19. The number of nitrogens with one attached hydrogen (secondary N) is 2. The third kappa shape index (κ3) is 4.31. The molecule has 9 heteroatoms. The molecule has 2 aromatic carbocycles. The molecular weight excluding hydrogens is 420 g/mol. The van der Waals surface area contributed by atoms with Gasteiger partial charge in [-0.1, -0.05) is 12.1 Å². The molecule has 0 radical (unpaired) electrons. The van der Waals surface area contributed by atoms with Crippen LogP contribution in [0.3, 0.4) is 0 Å². The van der Waals surface area contributed by atoms with Crippen molar-refractivity contribution in [2.45, 2.75) is 19.4 Å².